The molecule has 27 heavy (non-hydrogen) atoms. The van der Waals surface area contributed by atoms with Crippen molar-refractivity contribution in [3.8, 4) is 11.5 Å². The number of carbonyl (C=O) groups is 1. The van der Waals surface area contributed by atoms with E-state index in [9.17, 15) is 4.79 Å². The molecule has 2 rings (SSSR count). The lowest BCUT2D eigenvalue weighted by Gasteiger charge is -2.29. The summed E-state index contributed by atoms with van der Waals surface area (Å²) >= 11 is 1.65. The van der Waals surface area contributed by atoms with Crippen LogP contribution in [0.4, 0.5) is 0 Å². The summed E-state index contributed by atoms with van der Waals surface area (Å²) in [6.07, 6.45) is 5.06. The summed E-state index contributed by atoms with van der Waals surface area (Å²) in [5.41, 5.74) is 1.08. The van der Waals surface area contributed by atoms with E-state index < -0.39 is 0 Å². The van der Waals surface area contributed by atoms with Crippen LogP contribution in [-0.4, -0.2) is 51.4 Å². The monoisotopic (exact) mass is 416 g/mol. The minimum atomic E-state index is 0. The minimum Gasteiger partial charge on any atom is -0.493 e. The van der Waals surface area contributed by atoms with Gasteiger partial charge in [0.25, 0.3) is 0 Å². The van der Waals surface area contributed by atoms with E-state index in [1.807, 2.05) is 30.3 Å². The molecule has 0 aliphatic carbocycles. The number of rotatable bonds is 8. The molecule has 0 saturated carbocycles. The third kappa shape index (κ3) is 6.47. The zero-order chi connectivity index (χ0) is 19.1. The lowest BCUT2D eigenvalue weighted by Crippen LogP contribution is -2.36. The summed E-state index contributed by atoms with van der Waals surface area (Å²) in [6, 6.07) is 3.95. The summed E-state index contributed by atoms with van der Waals surface area (Å²) in [7, 11) is 5.16. The fourth-order valence-electron chi connectivity index (χ4n) is 3.52. The number of hydrogen-bond donors (Lipinski definition) is 1. The first-order valence-corrected chi connectivity index (χ1v) is 10.5. The quantitative estimate of drug-likeness (QED) is 0.652. The van der Waals surface area contributed by atoms with Crippen molar-refractivity contribution in [3.63, 3.8) is 0 Å². The molecule has 0 bridgehead atoms. The van der Waals surface area contributed by atoms with Crippen molar-refractivity contribution < 1.29 is 14.3 Å². The van der Waals surface area contributed by atoms with Gasteiger partial charge in [-0.3, -0.25) is 4.79 Å². The van der Waals surface area contributed by atoms with E-state index in [2.05, 4.69) is 12.2 Å². The molecule has 1 aromatic carbocycles. The van der Waals surface area contributed by atoms with Crippen LogP contribution < -0.4 is 14.8 Å². The molecule has 7 heteroatoms. The Morgan fingerprint density at radius 3 is 2.56 bits per heavy atom. The third-order valence-electron chi connectivity index (χ3n) is 5.26. The summed E-state index contributed by atoms with van der Waals surface area (Å²) in [4.78, 5) is 15.7. The standard InChI is InChI=1S/C20H32N2O3S.ClH/c1-14(15-7-6-8-21-12-15)9-20(23)22(2)13-16-10-17(24-3)18(25-4)11-19(16)26-5;/h10-11,14-15,21H,6-9,12-13H2,1-5H3;1H. The maximum absolute atomic E-state index is 12.7. The first-order chi connectivity index (χ1) is 12.5. The second-order valence-corrected chi connectivity index (χ2v) is 7.90. The molecule has 5 nitrogen and oxygen atoms in total. The molecule has 1 N–H and O–H groups in total. The van der Waals surface area contributed by atoms with Crippen molar-refractivity contribution in [3.05, 3.63) is 17.7 Å². The van der Waals surface area contributed by atoms with Gasteiger partial charge in [-0.25, -0.2) is 0 Å². The molecule has 1 saturated heterocycles. The highest BCUT2D eigenvalue weighted by atomic mass is 35.5. The van der Waals surface area contributed by atoms with E-state index in [1.54, 1.807) is 26.0 Å². The Kier molecular flexibility index (Phi) is 10.3. The molecule has 1 amide bonds. The van der Waals surface area contributed by atoms with E-state index >= 15 is 0 Å². The molecule has 1 aliphatic rings. The number of amides is 1. The van der Waals surface area contributed by atoms with E-state index in [0.29, 0.717) is 36.3 Å². The van der Waals surface area contributed by atoms with Crippen LogP contribution in [0.1, 0.15) is 31.7 Å². The third-order valence-corrected chi connectivity index (χ3v) is 6.08. The Morgan fingerprint density at radius 1 is 1.33 bits per heavy atom. The molecule has 0 aromatic heterocycles. The topological polar surface area (TPSA) is 50.8 Å². The Labute approximate surface area is 174 Å². The first kappa shape index (κ1) is 23.9. The second-order valence-electron chi connectivity index (χ2n) is 7.06. The molecular formula is C20H33ClN2O3S. The van der Waals surface area contributed by atoms with Crippen LogP contribution in [0.3, 0.4) is 0 Å². The second kappa shape index (κ2) is 11.7. The van der Waals surface area contributed by atoms with Crippen LogP contribution in [-0.2, 0) is 11.3 Å². The van der Waals surface area contributed by atoms with Crippen molar-refractivity contribution in [1.82, 2.24) is 10.2 Å². The lowest BCUT2D eigenvalue weighted by molar-refractivity contribution is -0.131. The molecule has 0 radical (unpaired) electrons. The van der Waals surface area contributed by atoms with E-state index in [-0.39, 0.29) is 18.3 Å². The van der Waals surface area contributed by atoms with Gasteiger partial charge in [-0.1, -0.05) is 6.92 Å². The Hall–Kier alpha value is -1.11. The van der Waals surface area contributed by atoms with Crippen molar-refractivity contribution in [2.24, 2.45) is 11.8 Å². The van der Waals surface area contributed by atoms with Gasteiger partial charge in [0.05, 0.1) is 14.2 Å². The van der Waals surface area contributed by atoms with Crippen LogP contribution in [0.25, 0.3) is 0 Å². The van der Waals surface area contributed by atoms with Crippen molar-refractivity contribution in [2.45, 2.75) is 37.6 Å². The maximum atomic E-state index is 12.7. The number of nitrogens with one attached hydrogen (secondary N) is 1. The van der Waals surface area contributed by atoms with Gasteiger partial charge >= 0.3 is 0 Å². The average molecular weight is 417 g/mol. The van der Waals surface area contributed by atoms with Gasteiger partial charge < -0.3 is 19.7 Å². The Morgan fingerprint density at radius 2 is 2.00 bits per heavy atom. The van der Waals surface area contributed by atoms with Crippen molar-refractivity contribution >= 4 is 30.1 Å². The molecule has 2 unspecified atom stereocenters. The molecule has 1 aliphatic heterocycles. The Bertz CT molecular complexity index is 609. The summed E-state index contributed by atoms with van der Waals surface area (Å²) in [6.45, 7) is 4.91. The zero-order valence-electron chi connectivity index (χ0n) is 17.0. The predicted molar refractivity (Wildman–Crippen MR) is 114 cm³/mol. The van der Waals surface area contributed by atoms with Crippen LogP contribution >= 0.6 is 24.2 Å². The van der Waals surface area contributed by atoms with Gasteiger partial charge in [-0.15, -0.1) is 24.2 Å². The highest BCUT2D eigenvalue weighted by Gasteiger charge is 2.24. The number of hydrogen-bond acceptors (Lipinski definition) is 5. The number of methoxy groups -OCH3 is 2. The summed E-state index contributed by atoms with van der Waals surface area (Å²) in [5.74, 6) is 2.62. The molecule has 0 spiro atoms. The van der Waals surface area contributed by atoms with E-state index in [0.717, 1.165) is 23.5 Å². The van der Waals surface area contributed by atoms with Gasteiger partial charge in [0.15, 0.2) is 11.5 Å². The molecule has 2 atom stereocenters. The molecule has 1 fully saturated rings. The van der Waals surface area contributed by atoms with Crippen LogP contribution in [0.15, 0.2) is 17.0 Å². The summed E-state index contributed by atoms with van der Waals surface area (Å²) in [5, 5.41) is 3.44. The normalized spacial score (nSPS) is 17.6. The average Bonchev–Trinajstić information content (AvgIpc) is 2.67. The number of ether oxygens (including phenoxy) is 2. The number of piperidine rings is 1. The van der Waals surface area contributed by atoms with Crippen molar-refractivity contribution in [2.75, 3.05) is 40.6 Å². The summed E-state index contributed by atoms with van der Waals surface area (Å²) < 4.78 is 10.8. The number of nitrogens with zero attached hydrogens (tertiary/aromatic N) is 1. The maximum Gasteiger partial charge on any atom is 0.222 e. The van der Waals surface area contributed by atoms with Gasteiger partial charge in [0.1, 0.15) is 0 Å². The number of thioether (sulfide) groups is 1. The largest absolute Gasteiger partial charge is 0.493 e. The fraction of sp³-hybridized carbons (Fsp3) is 0.650. The molecule has 154 valence electrons. The van der Waals surface area contributed by atoms with Crippen LogP contribution in [0.2, 0.25) is 0 Å². The highest BCUT2D eigenvalue weighted by Crippen LogP contribution is 2.35. The smallest absolute Gasteiger partial charge is 0.222 e. The number of carbonyl (C=O) groups excluding carboxylic acids is 1. The SMILES string of the molecule is COc1cc(CN(C)C(=O)CC(C)C2CCCNC2)c(SC)cc1OC.Cl. The van der Waals surface area contributed by atoms with Crippen LogP contribution in [0.5, 0.6) is 11.5 Å². The molecule has 1 heterocycles. The number of benzene rings is 1. The van der Waals surface area contributed by atoms with Gasteiger partial charge in [0.2, 0.25) is 5.91 Å². The van der Waals surface area contributed by atoms with E-state index in [4.69, 9.17) is 9.47 Å². The van der Waals surface area contributed by atoms with Crippen LogP contribution in [0, 0.1) is 11.8 Å². The van der Waals surface area contributed by atoms with Gasteiger partial charge in [-0.2, -0.15) is 0 Å². The van der Waals surface area contributed by atoms with Crippen molar-refractivity contribution in [1.29, 1.82) is 0 Å². The lowest BCUT2D eigenvalue weighted by atomic mass is 9.85. The highest BCUT2D eigenvalue weighted by molar-refractivity contribution is 7.98. The molecule has 1 aromatic rings. The molecular weight excluding hydrogens is 384 g/mol. The predicted octanol–water partition coefficient (Wildman–Crippen LogP) is 3.83. The minimum absolute atomic E-state index is 0. The van der Waals surface area contributed by atoms with E-state index in [1.165, 1.54) is 12.8 Å². The fourth-order valence-corrected chi connectivity index (χ4v) is 4.13. The first-order valence-electron chi connectivity index (χ1n) is 9.23. The zero-order valence-corrected chi connectivity index (χ0v) is 18.7. The number of halogens is 1. The Balaban J connectivity index is 0.00000364. The van der Waals surface area contributed by atoms with Gasteiger partial charge in [0, 0.05) is 24.9 Å². The van der Waals surface area contributed by atoms with Gasteiger partial charge in [-0.05, 0) is 61.7 Å².